The Morgan fingerprint density at radius 3 is 2.48 bits per heavy atom. The molecule has 0 unspecified atom stereocenters. The van der Waals surface area contributed by atoms with Gasteiger partial charge in [0.25, 0.3) is 5.91 Å². The Kier molecular flexibility index (Phi) is 6.82. The molecule has 1 aromatic heterocycles. The summed E-state index contributed by atoms with van der Waals surface area (Å²) in [5.41, 5.74) is 0.813. The van der Waals surface area contributed by atoms with Crippen LogP contribution in [0.15, 0.2) is 72.9 Å². The number of halogens is 3. The minimum atomic E-state index is -4.41. The number of nitrogens with zero attached hydrogens (tertiary/aromatic N) is 3. The number of ether oxygens (including phenoxy) is 1. The van der Waals surface area contributed by atoms with Gasteiger partial charge in [-0.1, -0.05) is 36.4 Å². The van der Waals surface area contributed by atoms with Crippen LogP contribution in [0.4, 0.5) is 19.0 Å². The zero-order valence-corrected chi connectivity index (χ0v) is 18.0. The molecule has 8 heteroatoms. The summed E-state index contributed by atoms with van der Waals surface area (Å²) in [6, 6.07) is 19.3. The fourth-order valence-electron chi connectivity index (χ4n) is 3.73. The maximum Gasteiger partial charge on any atom is 0.417 e. The Hall–Kier alpha value is -3.55. The van der Waals surface area contributed by atoms with Gasteiger partial charge in [-0.3, -0.25) is 4.79 Å². The highest BCUT2D eigenvalue weighted by molar-refractivity contribution is 5.94. The van der Waals surface area contributed by atoms with Crippen LogP contribution in [0.3, 0.4) is 0 Å². The van der Waals surface area contributed by atoms with Crippen LogP contribution in [0.2, 0.25) is 0 Å². The molecular formula is C25H24F3N3O2. The Morgan fingerprint density at radius 1 is 0.939 bits per heavy atom. The number of pyridine rings is 1. The van der Waals surface area contributed by atoms with Crippen LogP contribution < -0.4 is 9.64 Å². The molecule has 0 aliphatic carbocycles. The third-order valence-electron chi connectivity index (χ3n) is 5.51. The summed E-state index contributed by atoms with van der Waals surface area (Å²) in [5.74, 6) is 1.01. The van der Waals surface area contributed by atoms with Gasteiger partial charge in [0.05, 0.1) is 5.56 Å². The molecule has 0 bridgehead atoms. The van der Waals surface area contributed by atoms with Crippen molar-refractivity contribution in [1.82, 2.24) is 9.88 Å². The zero-order valence-electron chi connectivity index (χ0n) is 18.0. The number of carbonyl (C=O) groups is 1. The summed E-state index contributed by atoms with van der Waals surface area (Å²) in [6.07, 6.45) is -2.87. The van der Waals surface area contributed by atoms with E-state index < -0.39 is 11.7 Å². The molecule has 0 N–H and O–H groups in total. The number of benzene rings is 2. The summed E-state index contributed by atoms with van der Waals surface area (Å²) < 4.78 is 44.2. The maximum absolute atomic E-state index is 13.1. The molecule has 0 saturated carbocycles. The molecule has 2 aromatic carbocycles. The molecule has 1 aliphatic rings. The number of anilines is 1. The first-order valence-corrected chi connectivity index (χ1v) is 10.7. The minimum Gasteiger partial charge on any atom is -0.489 e. The van der Waals surface area contributed by atoms with E-state index in [1.807, 2.05) is 41.3 Å². The van der Waals surface area contributed by atoms with Crippen LogP contribution in [0.5, 0.6) is 5.75 Å². The van der Waals surface area contributed by atoms with E-state index in [4.69, 9.17) is 4.74 Å². The van der Waals surface area contributed by atoms with Crippen molar-refractivity contribution >= 4 is 11.7 Å². The van der Waals surface area contributed by atoms with Crippen molar-refractivity contribution in [1.29, 1.82) is 0 Å². The fraction of sp³-hybridized carbons (Fsp3) is 0.280. The minimum absolute atomic E-state index is 0.0950. The highest BCUT2D eigenvalue weighted by atomic mass is 19.4. The summed E-state index contributed by atoms with van der Waals surface area (Å²) in [6.45, 7) is 2.54. The number of alkyl halides is 3. The number of hydrogen-bond donors (Lipinski definition) is 0. The van der Waals surface area contributed by atoms with Crippen LogP contribution in [0.25, 0.3) is 0 Å². The van der Waals surface area contributed by atoms with Crippen LogP contribution in [-0.2, 0) is 12.8 Å². The second-order valence-corrected chi connectivity index (χ2v) is 7.84. The summed E-state index contributed by atoms with van der Waals surface area (Å²) >= 11 is 0. The molecule has 2 heterocycles. The standard InChI is InChI=1S/C25H24F3N3O2/c26-25(27,28)21-10-11-23(29-17-21)30-12-5-13-31(15-14-30)24(32)20-8-4-9-22(16-20)33-18-19-6-2-1-3-7-19/h1-4,6-11,16-17H,5,12-15,18H2. The predicted octanol–water partition coefficient (Wildman–Crippen LogP) is 5.03. The largest absolute Gasteiger partial charge is 0.489 e. The van der Waals surface area contributed by atoms with Gasteiger partial charge in [-0.2, -0.15) is 13.2 Å². The first-order chi connectivity index (χ1) is 15.9. The quantitative estimate of drug-likeness (QED) is 0.541. The Labute approximate surface area is 190 Å². The van der Waals surface area contributed by atoms with E-state index in [9.17, 15) is 18.0 Å². The number of rotatable bonds is 5. The molecule has 1 amide bonds. The lowest BCUT2D eigenvalue weighted by atomic mass is 10.2. The van der Waals surface area contributed by atoms with Crippen LogP contribution in [-0.4, -0.2) is 42.0 Å². The Morgan fingerprint density at radius 2 is 1.76 bits per heavy atom. The SMILES string of the molecule is O=C(c1cccc(OCc2ccccc2)c1)N1CCCN(c2ccc(C(F)(F)F)cn2)CC1. The van der Waals surface area contributed by atoms with Gasteiger partial charge in [-0.15, -0.1) is 0 Å². The van der Waals surface area contributed by atoms with E-state index in [-0.39, 0.29) is 5.91 Å². The lowest BCUT2D eigenvalue weighted by Crippen LogP contribution is -2.35. The first kappa shape index (κ1) is 22.6. The Balaban J connectivity index is 1.37. The first-order valence-electron chi connectivity index (χ1n) is 10.7. The number of carbonyl (C=O) groups excluding carboxylic acids is 1. The van der Waals surface area contributed by atoms with E-state index in [2.05, 4.69) is 4.98 Å². The molecule has 0 atom stereocenters. The van der Waals surface area contributed by atoms with E-state index in [0.29, 0.717) is 56.3 Å². The number of amides is 1. The van der Waals surface area contributed by atoms with Gasteiger partial charge in [0, 0.05) is 37.9 Å². The maximum atomic E-state index is 13.1. The highest BCUT2D eigenvalue weighted by Crippen LogP contribution is 2.29. The monoisotopic (exact) mass is 455 g/mol. The smallest absolute Gasteiger partial charge is 0.417 e. The van der Waals surface area contributed by atoms with Gasteiger partial charge in [0.1, 0.15) is 18.2 Å². The van der Waals surface area contributed by atoms with Gasteiger partial charge in [-0.25, -0.2) is 4.98 Å². The van der Waals surface area contributed by atoms with Crippen molar-refractivity contribution in [3.63, 3.8) is 0 Å². The lowest BCUT2D eigenvalue weighted by molar-refractivity contribution is -0.137. The van der Waals surface area contributed by atoms with Gasteiger partial charge < -0.3 is 14.5 Å². The van der Waals surface area contributed by atoms with Gasteiger partial charge in [0.2, 0.25) is 0 Å². The van der Waals surface area contributed by atoms with Crippen LogP contribution in [0, 0.1) is 0 Å². The second-order valence-electron chi connectivity index (χ2n) is 7.84. The fourth-order valence-corrected chi connectivity index (χ4v) is 3.73. The van der Waals surface area contributed by atoms with Gasteiger partial charge >= 0.3 is 6.18 Å². The topological polar surface area (TPSA) is 45.7 Å². The third-order valence-corrected chi connectivity index (χ3v) is 5.51. The average Bonchev–Trinajstić information content (AvgIpc) is 3.09. The average molecular weight is 455 g/mol. The molecule has 33 heavy (non-hydrogen) atoms. The highest BCUT2D eigenvalue weighted by Gasteiger charge is 2.31. The van der Waals surface area contributed by atoms with Crippen molar-refractivity contribution in [2.75, 3.05) is 31.1 Å². The van der Waals surface area contributed by atoms with E-state index in [1.165, 1.54) is 6.07 Å². The zero-order chi connectivity index (χ0) is 23.3. The van der Waals surface area contributed by atoms with Crippen molar-refractivity contribution in [3.05, 3.63) is 89.6 Å². The van der Waals surface area contributed by atoms with Crippen molar-refractivity contribution in [3.8, 4) is 5.75 Å². The molecule has 0 radical (unpaired) electrons. The molecular weight excluding hydrogens is 431 g/mol. The lowest BCUT2D eigenvalue weighted by Gasteiger charge is -2.23. The van der Waals surface area contributed by atoms with Crippen molar-refractivity contribution in [2.24, 2.45) is 0 Å². The van der Waals surface area contributed by atoms with E-state index in [1.54, 1.807) is 23.1 Å². The van der Waals surface area contributed by atoms with Gasteiger partial charge in [-0.05, 0) is 42.3 Å². The summed E-state index contributed by atoms with van der Waals surface area (Å²) in [5, 5.41) is 0. The molecule has 0 spiro atoms. The molecule has 4 rings (SSSR count). The van der Waals surface area contributed by atoms with Crippen molar-refractivity contribution in [2.45, 2.75) is 19.2 Å². The molecule has 1 aliphatic heterocycles. The molecule has 1 saturated heterocycles. The third kappa shape index (κ3) is 5.83. The predicted molar refractivity (Wildman–Crippen MR) is 119 cm³/mol. The summed E-state index contributed by atoms with van der Waals surface area (Å²) in [7, 11) is 0. The number of aromatic nitrogens is 1. The molecule has 3 aromatic rings. The number of hydrogen-bond acceptors (Lipinski definition) is 4. The van der Waals surface area contributed by atoms with E-state index >= 15 is 0 Å². The van der Waals surface area contributed by atoms with E-state index in [0.717, 1.165) is 17.8 Å². The second kappa shape index (κ2) is 9.94. The van der Waals surface area contributed by atoms with Crippen molar-refractivity contribution < 1.29 is 22.7 Å². The van der Waals surface area contributed by atoms with Crippen LogP contribution in [0.1, 0.15) is 27.9 Å². The summed E-state index contributed by atoms with van der Waals surface area (Å²) in [4.78, 5) is 20.7. The van der Waals surface area contributed by atoms with Crippen LogP contribution >= 0.6 is 0 Å². The molecule has 1 fully saturated rings. The Bertz CT molecular complexity index is 1070. The van der Waals surface area contributed by atoms with Gasteiger partial charge in [0.15, 0.2) is 0 Å². The molecule has 172 valence electrons. The normalized spacial score (nSPS) is 14.6. The molecule has 5 nitrogen and oxygen atoms in total.